The molecule has 0 aliphatic heterocycles. The molecule has 0 saturated carbocycles. The first-order chi connectivity index (χ1) is 13.6. The molecule has 4 nitrogen and oxygen atoms in total. The zero-order valence-electron chi connectivity index (χ0n) is 15.6. The summed E-state index contributed by atoms with van der Waals surface area (Å²) in [6, 6.07) is 21.3. The monoisotopic (exact) mass is 390 g/mol. The Morgan fingerprint density at radius 3 is 2.29 bits per heavy atom. The first-order valence-electron chi connectivity index (χ1n) is 8.97. The minimum atomic E-state index is 0.388. The third kappa shape index (κ3) is 4.07. The fourth-order valence-corrected chi connectivity index (χ4v) is 3.22. The summed E-state index contributed by atoms with van der Waals surface area (Å²) >= 11 is 5.92. The van der Waals surface area contributed by atoms with Gasteiger partial charge in [0.2, 0.25) is 11.8 Å². The van der Waals surface area contributed by atoms with Crippen LogP contribution in [0.5, 0.6) is 5.75 Å². The highest BCUT2D eigenvalue weighted by Crippen LogP contribution is 2.28. The van der Waals surface area contributed by atoms with Crippen LogP contribution < -0.4 is 4.74 Å². The van der Waals surface area contributed by atoms with E-state index in [1.165, 1.54) is 0 Å². The zero-order chi connectivity index (χ0) is 19.5. The number of hydrogen-bond acceptors (Lipinski definition) is 4. The van der Waals surface area contributed by atoms with Crippen LogP contribution in [0.2, 0.25) is 5.02 Å². The fourth-order valence-electron chi connectivity index (χ4n) is 3.09. The van der Waals surface area contributed by atoms with Gasteiger partial charge in [-0.2, -0.15) is 0 Å². The topological polar surface area (TPSA) is 48.2 Å². The molecular formula is C23H19ClN2O2. The lowest BCUT2D eigenvalue weighted by Crippen LogP contribution is -1.98. The van der Waals surface area contributed by atoms with Crippen molar-refractivity contribution in [3.8, 4) is 28.7 Å². The smallest absolute Gasteiger partial charge is 0.248 e. The minimum absolute atomic E-state index is 0.388. The number of ether oxygens (including phenoxy) is 1. The van der Waals surface area contributed by atoms with Crippen LogP contribution >= 0.6 is 11.6 Å². The first-order valence-corrected chi connectivity index (χ1v) is 9.35. The van der Waals surface area contributed by atoms with E-state index in [0.717, 1.165) is 33.6 Å². The largest absolute Gasteiger partial charge is 0.489 e. The van der Waals surface area contributed by atoms with Crippen LogP contribution in [0.3, 0.4) is 0 Å². The predicted molar refractivity (Wildman–Crippen MR) is 110 cm³/mol. The molecule has 0 atom stereocenters. The number of hydrogen-bond donors (Lipinski definition) is 0. The third-order valence-electron chi connectivity index (χ3n) is 4.35. The predicted octanol–water partition coefficient (Wildman–Crippen LogP) is 6.25. The van der Waals surface area contributed by atoms with Gasteiger partial charge in [-0.05, 0) is 56.3 Å². The molecule has 0 aliphatic rings. The van der Waals surface area contributed by atoms with E-state index in [9.17, 15) is 0 Å². The SMILES string of the molecule is Cc1cc(C)cc(-c2nnc(-c3ccccc3COc3ccc(Cl)cc3)o2)c1. The van der Waals surface area contributed by atoms with Crippen LogP contribution in [-0.2, 0) is 6.61 Å². The number of rotatable bonds is 5. The van der Waals surface area contributed by atoms with Crippen molar-refractivity contribution in [1.82, 2.24) is 10.2 Å². The van der Waals surface area contributed by atoms with Crippen molar-refractivity contribution in [2.45, 2.75) is 20.5 Å². The molecule has 28 heavy (non-hydrogen) atoms. The van der Waals surface area contributed by atoms with Gasteiger partial charge in [0.25, 0.3) is 0 Å². The summed E-state index contributed by atoms with van der Waals surface area (Å²) in [4.78, 5) is 0. The molecule has 0 spiro atoms. The average molecular weight is 391 g/mol. The number of halogens is 1. The van der Waals surface area contributed by atoms with E-state index in [-0.39, 0.29) is 0 Å². The Morgan fingerprint density at radius 2 is 1.54 bits per heavy atom. The van der Waals surface area contributed by atoms with E-state index in [1.807, 2.05) is 48.5 Å². The van der Waals surface area contributed by atoms with Crippen molar-refractivity contribution in [3.05, 3.63) is 88.4 Å². The van der Waals surface area contributed by atoms with Crippen LogP contribution in [0.4, 0.5) is 0 Å². The summed E-state index contributed by atoms with van der Waals surface area (Å²) in [6.07, 6.45) is 0. The summed E-state index contributed by atoms with van der Waals surface area (Å²) < 4.78 is 11.9. The maximum atomic E-state index is 5.98. The zero-order valence-corrected chi connectivity index (χ0v) is 16.4. The molecule has 3 aromatic carbocycles. The van der Waals surface area contributed by atoms with Crippen LogP contribution in [0.15, 0.2) is 71.1 Å². The number of nitrogens with zero attached hydrogens (tertiary/aromatic N) is 2. The Hall–Kier alpha value is -3.11. The Bertz CT molecular complexity index is 1080. The Labute approximate surface area is 168 Å². The second-order valence-corrected chi connectivity index (χ2v) is 7.12. The molecule has 0 bridgehead atoms. The van der Waals surface area contributed by atoms with Gasteiger partial charge in [-0.3, -0.25) is 0 Å². The molecular weight excluding hydrogens is 372 g/mol. The van der Waals surface area contributed by atoms with E-state index < -0.39 is 0 Å². The van der Waals surface area contributed by atoms with Gasteiger partial charge in [0.1, 0.15) is 12.4 Å². The lowest BCUT2D eigenvalue weighted by Gasteiger charge is -2.09. The molecule has 4 rings (SSSR count). The van der Waals surface area contributed by atoms with Crippen molar-refractivity contribution in [2.24, 2.45) is 0 Å². The lowest BCUT2D eigenvalue weighted by molar-refractivity contribution is 0.306. The highest BCUT2D eigenvalue weighted by atomic mass is 35.5. The van der Waals surface area contributed by atoms with Crippen LogP contribution in [0, 0.1) is 13.8 Å². The summed E-state index contributed by atoms with van der Waals surface area (Å²) in [5, 5.41) is 9.18. The van der Waals surface area contributed by atoms with E-state index in [4.69, 9.17) is 20.8 Å². The Morgan fingerprint density at radius 1 is 0.857 bits per heavy atom. The van der Waals surface area contributed by atoms with Gasteiger partial charge >= 0.3 is 0 Å². The average Bonchev–Trinajstić information content (AvgIpc) is 3.17. The maximum absolute atomic E-state index is 5.98. The standard InChI is InChI=1S/C23H19ClN2O2/c1-15-11-16(2)13-18(12-15)22-25-26-23(28-22)21-6-4-3-5-17(21)14-27-20-9-7-19(24)8-10-20/h3-13H,14H2,1-2H3. The van der Waals surface area contributed by atoms with Gasteiger partial charge in [0.15, 0.2) is 0 Å². The van der Waals surface area contributed by atoms with E-state index >= 15 is 0 Å². The highest BCUT2D eigenvalue weighted by Gasteiger charge is 2.14. The number of aromatic nitrogens is 2. The van der Waals surface area contributed by atoms with Crippen molar-refractivity contribution < 1.29 is 9.15 Å². The normalized spacial score (nSPS) is 10.8. The molecule has 0 aliphatic carbocycles. The van der Waals surface area contributed by atoms with Crippen molar-refractivity contribution in [2.75, 3.05) is 0 Å². The van der Waals surface area contributed by atoms with Gasteiger partial charge in [-0.1, -0.05) is 47.0 Å². The quantitative estimate of drug-likeness (QED) is 0.404. The maximum Gasteiger partial charge on any atom is 0.248 e. The van der Waals surface area contributed by atoms with E-state index in [1.54, 1.807) is 12.1 Å². The second kappa shape index (κ2) is 7.87. The summed E-state index contributed by atoms with van der Waals surface area (Å²) in [5.41, 5.74) is 5.07. The Balaban J connectivity index is 1.60. The van der Waals surface area contributed by atoms with Crippen LogP contribution in [0.1, 0.15) is 16.7 Å². The van der Waals surface area contributed by atoms with E-state index in [0.29, 0.717) is 23.4 Å². The van der Waals surface area contributed by atoms with E-state index in [2.05, 4.69) is 30.1 Å². The molecule has 0 amide bonds. The second-order valence-electron chi connectivity index (χ2n) is 6.69. The molecule has 140 valence electrons. The third-order valence-corrected chi connectivity index (χ3v) is 4.60. The summed E-state index contributed by atoms with van der Waals surface area (Å²) in [5.74, 6) is 1.74. The number of aryl methyl sites for hydroxylation is 2. The Kier molecular flexibility index (Phi) is 5.13. The van der Waals surface area contributed by atoms with Crippen molar-refractivity contribution in [1.29, 1.82) is 0 Å². The van der Waals surface area contributed by atoms with Gasteiger partial charge < -0.3 is 9.15 Å². The molecule has 1 heterocycles. The van der Waals surface area contributed by atoms with Gasteiger partial charge in [0.05, 0.1) is 0 Å². The molecule has 0 unspecified atom stereocenters. The minimum Gasteiger partial charge on any atom is -0.489 e. The summed E-state index contributed by atoms with van der Waals surface area (Å²) in [6.45, 7) is 4.49. The van der Waals surface area contributed by atoms with Crippen molar-refractivity contribution in [3.63, 3.8) is 0 Å². The van der Waals surface area contributed by atoms with Gasteiger partial charge in [-0.25, -0.2) is 0 Å². The fraction of sp³-hybridized carbons (Fsp3) is 0.130. The molecule has 4 aromatic rings. The molecule has 0 fully saturated rings. The van der Waals surface area contributed by atoms with Crippen LogP contribution in [0.25, 0.3) is 22.9 Å². The first kappa shape index (κ1) is 18.3. The molecule has 5 heteroatoms. The molecule has 0 saturated heterocycles. The summed E-state index contributed by atoms with van der Waals surface area (Å²) in [7, 11) is 0. The van der Waals surface area contributed by atoms with Crippen molar-refractivity contribution >= 4 is 11.6 Å². The number of benzene rings is 3. The van der Waals surface area contributed by atoms with Gasteiger partial charge in [-0.15, -0.1) is 10.2 Å². The van der Waals surface area contributed by atoms with Crippen LogP contribution in [-0.4, -0.2) is 10.2 Å². The lowest BCUT2D eigenvalue weighted by atomic mass is 10.1. The molecule has 1 aromatic heterocycles. The molecule has 0 radical (unpaired) electrons. The molecule has 0 N–H and O–H groups in total. The van der Waals surface area contributed by atoms with Gasteiger partial charge in [0, 0.05) is 21.7 Å². The highest BCUT2D eigenvalue weighted by molar-refractivity contribution is 6.30.